The van der Waals surface area contributed by atoms with Crippen LogP contribution in [-0.2, 0) is 4.74 Å². The van der Waals surface area contributed by atoms with Crippen molar-refractivity contribution >= 4 is 39.8 Å². The first-order valence-corrected chi connectivity index (χ1v) is 7.24. The zero-order chi connectivity index (χ0) is 15.6. The number of halogens is 1. The molecule has 0 aliphatic heterocycles. The van der Waals surface area contributed by atoms with Gasteiger partial charge in [-0.2, -0.15) is 0 Å². The van der Waals surface area contributed by atoms with Crippen LogP contribution in [0.1, 0.15) is 31.2 Å². The fourth-order valence-corrected chi connectivity index (χ4v) is 3.00. The molecule has 110 valence electrons. The van der Waals surface area contributed by atoms with E-state index in [4.69, 9.17) is 16.3 Å². The fourth-order valence-electron chi connectivity index (χ4n) is 1.78. The predicted octanol–water partition coefficient (Wildman–Crippen LogP) is 3.45. The maximum Gasteiger partial charge on any atom is 0.341 e. The standard InChI is InChI=1S/C14H13ClN2O3S/c1-7-8(2)21-13(11(7)14(19)20-3)17-12(18)9-4-5-16-10(15)6-9/h4-6H,1-3H3,(H,17,18). The maximum atomic E-state index is 12.2. The van der Waals surface area contributed by atoms with Crippen LogP contribution in [0.2, 0.25) is 5.15 Å². The van der Waals surface area contributed by atoms with Gasteiger partial charge >= 0.3 is 5.97 Å². The van der Waals surface area contributed by atoms with Crippen molar-refractivity contribution in [3.8, 4) is 0 Å². The summed E-state index contributed by atoms with van der Waals surface area (Å²) in [7, 11) is 1.31. The molecule has 0 saturated carbocycles. The number of rotatable bonds is 3. The first-order valence-electron chi connectivity index (χ1n) is 6.05. The molecule has 0 aromatic carbocycles. The molecule has 2 heterocycles. The second kappa shape index (κ2) is 6.24. The van der Waals surface area contributed by atoms with Crippen LogP contribution in [0.15, 0.2) is 18.3 Å². The van der Waals surface area contributed by atoms with E-state index in [0.29, 0.717) is 16.1 Å². The summed E-state index contributed by atoms with van der Waals surface area (Å²) in [6, 6.07) is 3.01. The number of pyridine rings is 1. The van der Waals surface area contributed by atoms with Gasteiger partial charge < -0.3 is 10.1 Å². The van der Waals surface area contributed by atoms with Gasteiger partial charge in [0.1, 0.15) is 10.2 Å². The Morgan fingerprint density at radius 3 is 2.71 bits per heavy atom. The summed E-state index contributed by atoms with van der Waals surface area (Å²) in [5.74, 6) is -0.828. The molecule has 0 unspecified atom stereocenters. The molecule has 7 heteroatoms. The van der Waals surface area contributed by atoms with Gasteiger partial charge in [-0.1, -0.05) is 11.6 Å². The van der Waals surface area contributed by atoms with Gasteiger partial charge in [-0.15, -0.1) is 11.3 Å². The second-order valence-electron chi connectivity index (χ2n) is 4.30. The molecular formula is C14H13ClN2O3S. The molecule has 0 aliphatic rings. The van der Waals surface area contributed by atoms with Crippen LogP contribution >= 0.6 is 22.9 Å². The molecule has 0 spiro atoms. The van der Waals surface area contributed by atoms with Crippen molar-refractivity contribution in [1.29, 1.82) is 0 Å². The average Bonchev–Trinajstić information content (AvgIpc) is 2.73. The molecule has 2 rings (SSSR count). The van der Waals surface area contributed by atoms with Crippen LogP contribution in [0.5, 0.6) is 0 Å². The van der Waals surface area contributed by atoms with E-state index >= 15 is 0 Å². The molecular weight excluding hydrogens is 312 g/mol. The van der Waals surface area contributed by atoms with Gasteiger partial charge in [0.25, 0.3) is 5.91 Å². The predicted molar refractivity (Wildman–Crippen MR) is 82.3 cm³/mol. The largest absolute Gasteiger partial charge is 0.465 e. The van der Waals surface area contributed by atoms with Gasteiger partial charge in [0.05, 0.1) is 12.7 Å². The molecule has 2 aromatic rings. The first kappa shape index (κ1) is 15.5. The summed E-state index contributed by atoms with van der Waals surface area (Å²) in [5.41, 5.74) is 1.55. The number of nitrogens with one attached hydrogen (secondary N) is 1. The zero-order valence-electron chi connectivity index (χ0n) is 11.7. The van der Waals surface area contributed by atoms with Gasteiger partial charge in [-0.3, -0.25) is 4.79 Å². The van der Waals surface area contributed by atoms with Crippen LogP contribution < -0.4 is 5.32 Å². The molecule has 2 aromatic heterocycles. The van der Waals surface area contributed by atoms with Crippen molar-refractivity contribution in [1.82, 2.24) is 4.98 Å². The number of aromatic nitrogens is 1. The summed E-state index contributed by atoms with van der Waals surface area (Å²) in [6.45, 7) is 3.70. The van der Waals surface area contributed by atoms with Crippen molar-refractivity contribution < 1.29 is 14.3 Å². The van der Waals surface area contributed by atoms with Crippen LogP contribution in [-0.4, -0.2) is 24.0 Å². The molecule has 21 heavy (non-hydrogen) atoms. The third-order valence-electron chi connectivity index (χ3n) is 2.99. The fraction of sp³-hybridized carbons (Fsp3) is 0.214. The number of thiophene rings is 1. The molecule has 0 radical (unpaired) electrons. The average molecular weight is 325 g/mol. The van der Waals surface area contributed by atoms with E-state index in [1.54, 1.807) is 6.07 Å². The number of amides is 1. The Hall–Kier alpha value is -1.92. The third-order valence-corrected chi connectivity index (χ3v) is 4.32. The lowest BCUT2D eigenvalue weighted by atomic mass is 10.1. The molecule has 0 atom stereocenters. The monoisotopic (exact) mass is 324 g/mol. The Morgan fingerprint density at radius 1 is 1.38 bits per heavy atom. The summed E-state index contributed by atoms with van der Waals surface area (Å²) in [4.78, 5) is 28.8. The van der Waals surface area contributed by atoms with Crippen LogP contribution in [0.3, 0.4) is 0 Å². The number of carbonyl (C=O) groups is 2. The number of nitrogens with zero attached hydrogens (tertiary/aromatic N) is 1. The highest BCUT2D eigenvalue weighted by molar-refractivity contribution is 7.16. The molecule has 5 nitrogen and oxygen atoms in total. The van der Waals surface area contributed by atoms with E-state index in [1.165, 1.54) is 30.7 Å². The highest BCUT2D eigenvalue weighted by Crippen LogP contribution is 2.33. The summed E-state index contributed by atoms with van der Waals surface area (Å²) >= 11 is 7.09. The van der Waals surface area contributed by atoms with Crippen LogP contribution in [0.4, 0.5) is 5.00 Å². The van der Waals surface area contributed by atoms with Crippen molar-refractivity contribution in [2.45, 2.75) is 13.8 Å². The van der Waals surface area contributed by atoms with Crippen LogP contribution in [0, 0.1) is 13.8 Å². The SMILES string of the molecule is COC(=O)c1c(NC(=O)c2ccnc(Cl)c2)sc(C)c1C. The van der Waals surface area contributed by atoms with E-state index in [2.05, 4.69) is 10.3 Å². The zero-order valence-corrected chi connectivity index (χ0v) is 13.3. The number of esters is 1. The normalized spacial score (nSPS) is 10.3. The van der Waals surface area contributed by atoms with Gasteiger partial charge in [0.2, 0.25) is 0 Å². The van der Waals surface area contributed by atoms with E-state index in [-0.39, 0.29) is 11.1 Å². The Morgan fingerprint density at radius 2 is 2.10 bits per heavy atom. The summed E-state index contributed by atoms with van der Waals surface area (Å²) < 4.78 is 4.76. The highest BCUT2D eigenvalue weighted by atomic mass is 35.5. The third kappa shape index (κ3) is 3.22. The van der Waals surface area contributed by atoms with Crippen molar-refractivity contribution in [3.05, 3.63) is 45.1 Å². The van der Waals surface area contributed by atoms with Crippen LogP contribution in [0.25, 0.3) is 0 Å². The Labute approximate surface area is 130 Å². The van der Waals surface area contributed by atoms with E-state index in [0.717, 1.165) is 10.4 Å². The number of anilines is 1. The molecule has 0 saturated heterocycles. The molecule has 0 bridgehead atoms. The molecule has 0 aliphatic carbocycles. The number of hydrogen-bond donors (Lipinski definition) is 1. The number of aryl methyl sites for hydroxylation is 1. The van der Waals surface area contributed by atoms with Gasteiger partial charge in [0, 0.05) is 16.6 Å². The minimum atomic E-state index is -0.472. The van der Waals surface area contributed by atoms with Crippen molar-refractivity contribution in [3.63, 3.8) is 0 Å². The lowest BCUT2D eigenvalue weighted by Crippen LogP contribution is -2.14. The number of hydrogen-bond acceptors (Lipinski definition) is 5. The second-order valence-corrected chi connectivity index (χ2v) is 5.91. The summed E-state index contributed by atoms with van der Waals surface area (Å²) in [6.07, 6.45) is 1.45. The maximum absolute atomic E-state index is 12.2. The quantitative estimate of drug-likeness (QED) is 0.693. The minimum absolute atomic E-state index is 0.231. The first-order chi connectivity index (χ1) is 9.93. The lowest BCUT2D eigenvalue weighted by Gasteiger charge is -2.06. The molecule has 1 amide bonds. The number of carbonyl (C=O) groups excluding carboxylic acids is 2. The Bertz CT molecular complexity index is 712. The topological polar surface area (TPSA) is 68.3 Å². The van der Waals surface area contributed by atoms with E-state index in [1.807, 2.05) is 13.8 Å². The lowest BCUT2D eigenvalue weighted by molar-refractivity contribution is 0.0601. The van der Waals surface area contributed by atoms with Crippen molar-refractivity contribution in [2.24, 2.45) is 0 Å². The molecule has 1 N–H and O–H groups in total. The summed E-state index contributed by atoms with van der Waals surface area (Å²) in [5, 5.41) is 3.42. The van der Waals surface area contributed by atoms with Gasteiger partial charge in [-0.05, 0) is 31.5 Å². The van der Waals surface area contributed by atoms with Gasteiger partial charge in [-0.25, -0.2) is 9.78 Å². The Kier molecular flexibility index (Phi) is 4.59. The number of methoxy groups -OCH3 is 1. The van der Waals surface area contributed by atoms with Gasteiger partial charge in [0.15, 0.2) is 0 Å². The van der Waals surface area contributed by atoms with E-state index in [9.17, 15) is 9.59 Å². The van der Waals surface area contributed by atoms with Crippen molar-refractivity contribution in [2.75, 3.05) is 12.4 Å². The smallest absolute Gasteiger partial charge is 0.341 e. The Balaban J connectivity index is 2.34. The highest BCUT2D eigenvalue weighted by Gasteiger charge is 2.22. The van der Waals surface area contributed by atoms with E-state index < -0.39 is 5.97 Å². The number of ether oxygens (including phenoxy) is 1. The molecule has 0 fully saturated rings. The minimum Gasteiger partial charge on any atom is -0.465 e.